The maximum absolute atomic E-state index is 12.6. The first-order valence-electron chi connectivity index (χ1n) is 11.3. The number of aliphatic hydroxyl groups is 1. The number of rotatable bonds is 19. The van der Waals surface area contributed by atoms with Crippen molar-refractivity contribution < 1.29 is 19.4 Å². The molecule has 0 aliphatic carbocycles. The molecule has 0 spiro atoms. The van der Waals surface area contributed by atoms with Crippen LogP contribution in [0, 0.1) is 5.92 Å². The lowest BCUT2D eigenvalue weighted by Gasteiger charge is -2.21. The third-order valence-electron chi connectivity index (χ3n) is 5.11. The van der Waals surface area contributed by atoms with E-state index in [1.165, 1.54) is 55.9 Å². The quantitative estimate of drug-likeness (QED) is 0.192. The molecule has 0 radical (unpaired) electrons. The molecule has 0 aromatic heterocycles. The molecule has 0 aromatic carbocycles. The van der Waals surface area contributed by atoms with Crippen LogP contribution in [-0.2, 0) is 14.3 Å². The van der Waals surface area contributed by atoms with Crippen LogP contribution in [0.2, 0.25) is 0 Å². The Labute approximate surface area is 172 Å². The summed E-state index contributed by atoms with van der Waals surface area (Å²) in [5, 5.41) is 9.06. The van der Waals surface area contributed by atoms with E-state index in [0.29, 0.717) is 0 Å². The first-order chi connectivity index (χ1) is 13.6. The third-order valence-corrected chi connectivity index (χ3v) is 5.11. The van der Waals surface area contributed by atoms with E-state index in [2.05, 4.69) is 20.4 Å². The van der Waals surface area contributed by atoms with Crippen molar-refractivity contribution in [2.45, 2.75) is 90.9 Å². The smallest absolute Gasteiger partial charge is 0.308 e. The Balaban J connectivity index is 4.38. The number of esters is 1. The zero-order valence-corrected chi connectivity index (χ0v) is 18.3. The van der Waals surface area contributed by atoms with Crippen LogP contribution in [0.15, 0.2) is 12.7 Å². The molecule has 5 heteroatoms. The molecule has 1 amide bonds. The molecule has 0 rings (SSSR count). The lowest BCUT2D eigenvalue weighted by atomic mass is 9.94. The molecular formula is C23H43NO4. The van der Waals surface area contributed by atoms with Crippen molar-refractivity contribution in [1.82, 2.24) is 4.90 Å². The Kier molecular flexibility index (Phi) is 18.1. The number of nitrogens with zero attached hydrogens (tertiary/aromatic N) is 1. The SMILES string of the molecule is C=CC(=O)N(CCO)CCOC(=O)C(CCCCCC)CCCCCCCC. The normalized spacial score (nSPS) is 11.8. The maximum atomic E-state index is 12.6. The fraction of sp³-hybridized carbons (Fsp3) is 0.826. The lowest BCUT2D eigenvalue weighted by Crippen LogP contribution is -2.35. The standard InChI is InChI=1S/C23H43NO4/c1-4-7-9-11-12-14-16-21(15-13-10-8-5-2)23(27)28-20-18-24(17-19-25)22(26)6-3/h6,21,25H,3-5,7-20H2,1-2H3. The van der Waals surface area contributed by atoms with Gasteiger partial charge in [0.05, 0.1) is 19.1 Å². The maximum Gasteiger partial charge on any atom is 0.308 e. The molecule has 1 atom stereocenters. The summed E-state index contributed by atoms with van der Waals surface area (Å²) in [5.74, 6) is -0.433. The van der Waals surface area contributed by atoms with Gasteiger partial charge in [0.25, 0.3) is 0 Å². The van der Waals surface area contributed by atoms with Gasteiger partial charge < -0.3 is 14.7 Å². The number of hydrogen-bond acceptors (Lipinski definition) is 4. The van der Waals surface area contributed by atoms with Crippen molar-refractivity contribution in [3.8, 4) is 0 Å². The van der Waals surface area contributed by atoms with Crippen LogP contribution in [0.25, 0.3) is 0 Å². The van der Waals surface area contributed by atoms with Crippen LogP contribution in [0.4, 0.5) is 0 Å². The summed E-state index contributed by atoms with van der Waals surface area (Å²) in [4.78, 5) is 25.7. The highest BCUT2D eigenvalue weighted by molar-refractivity contribution is 5.87. The van der Waals surface area contributed by atoms with Gasteiger partial charge in [0, 0.05) is 6.54 Å². The molecule has 1 unspecified atom stereocenters. The van der Waals surface area contributed by atoms with E-state index >= 15 is 0 Å². The van der Waals surface area contributed by atoms with Crippen molar-refractivity contribution in [3.05, 3.63) is 12.7 Å². The lowest BCUT2D eigenvalue weighted by molar-refractivity contribution is -0.150. The van der Waals surface area contributed by atoms with Crippen LogP contribution in [0.3, 0.4) is 0 Å². The minimum atomic E-state index is -0.256. The van der Waals surface area contributed by atoms with Crippen LogP contribution < -0.4 is 0 Å². The van der Waals surface area contributed by atoms with Gasteiger partial charge in [-0.25, -0.2) is 0 Å². The van der Waals surface area contributed by atoms with Gasteiger partial charge in [0.2, 0.25) is 5.91 Å². The Bertz CT molecular complexity index is 411. The van der Waals surface area contributed by atoms with Gasteiger partial charge >= 0.3 is 5.97 Å². The number of ether oxygens (including phenoxy) is 1. The molecule has 0 aromatic rings. The summed E-state index contributed by atoms with van der Waals surface area (Å²) in [7, 11) is 0. The number of amides is 1. The van der Waals surface area contributed by atoms with Crippen molar-refractivity contribution >= 4 is 11.9 Å². The second-order valence-electron chi connectivity index (χ2n) is 7.52. The zero-order chi connectivity index (χ0) is 21.0. The molecule has 0 saturated heterocycles. The Morgan fingerprint density at radius 3 is 2.00 bits per heavy atom. The number of carbonyl (C=O) groups excluding carboxylic acids is 2. The van der Waals surface area contributed by atoms with Crippen molar-refractivity contribution in [3.63, 3.8) is 0 Å². The van der Waals surface area contributed by atoms with Gasteiger partial charge in [-0.2, -0.15) is 0 Å². The van der Waals surface area contributed by atoms with Gasteiger partial charge in [-0.1, -0.05) is 84.6 Å². The summed E-state index contributed by atoms with van der Waals surface area (Å²) in [5.41, 5.74) is 0. The van der Waals surface area contributed by atoms with Crippen molar-refractivity contribution in [2.24, 2.45) is 5.92 Å². The first-order valence-corrected chi connectivity index (χ1v) is 11.3. The summed E-state index contributed by atoms with van der Waals surface area (Å²) in [6.45, 7) is 8.42. The van der Waals surface area contributed by atoms with Crippen LogP contribution in [-0.4, -0.2) is 48.2 Å². The van der Waals surface area contributed by atoms with E-state index in [4.69, 9.17) is 9.84 Å². The highest BCUT2D eigenvalue weighted by Crippen LogP contribution is 2.20. The number of aliphatic hydroxyl groups excluding tert-OH is 1. The fourth-order valence-electron chi connectivity index (χ4n) is 3.32. The molecule has 0 bridgehead atoms. The molecule has 0 aliphatic heterocycles. The van der Waals surface area contributed by atoms with E-state index < -0.39 is 0 Å². The van der Waals surface area contributed by atoms with E-state index in [-0.39, 0.29) is 44.1 Å². The topological polar surface area (TPSA) is 66.8 Å². The minimum absolute atomic E-state index is 0.0376. The highest BCUT2D eigenvalue weighted by atomic mass is 16.5. The average Bonchev–Trinajstić information content (AvgIpc) is 2.70. The van der Waals surface area contributed by atoms with E-state index in [1.54, 1.807) is 0 Å². The molecule has 0 fully saturated rings. The fourth-order valence-corrected chi connectivity index (χ4v) is 3.32. The summed E-state index contributed by atoms with van der Waals surface area (Å²) in [6, 6.07) is 0. The van der Waals surface area contributed by atoms with Crippen molar-refractivity contribution in [1.29, 1.82) is 0 Å². The molecule has 5 nitrogen and oxygen atoms in total. The van der Waals surface area contributed by atoms with E-state index in [0.717, 1.165) is 32.1 Å². The van der Waals surface area contributed by atoms with Gasteiger partial charge in [-0.3, -0.25) is 9.59 Å². The molecule has 0 heterocycles. The minimum Gasteiger partial charge on any atom is -0.464 e. The Morgan fingerprint density at radius 2 is 1.46 bits per heavy atom. The Hall–Kier alpha value is -1.36. The van der Waals surface area contributed by atoms with Gasteiger partial charge in [0.1, 0.15) is 6.61 Å². The average molecular weight is 398 g/mol. The van der Waals surface area contributed by atoms with Crippen molar-refractivity contribution in [2.75, 3.05) is 26.3 Å². The molecule has 28 heavy (non-hydrogen) atoms. The summed E-state index contributed by atoms with van der Waals surface area (Å²) >= 11 is 0. The molecule has 0 saturated carbocycles. The van der Waals surface area contributed by atoms with Gasteiger partial charge in [-0.05, 0) is 18.9 Å². The highest BCUT2D eigenvalue weighted by Gasteiger charge is 2.20. The molecular weight excluding hydrogens is 354 g/mol. The molecule has 164 valence electrons. The Morgan fingerprint density at radius 1 is 0.929 bits per heavy atom. The van der Waals surface area contributed by atoms with E-state index in [9.17, 15) is 9.59 Å². The monoisotopic (exact) mass is 397 g/mol. The predicted molar refractivity (Wildman–Crippen MR) is 115 cm³/mol. The van der Waals surface area contributed by atoms with Gasteiger partial charge in [-0.15, -0.1) is 0 Å². The van der Waals surface area contributed by atoms with Gasteiger partial charge in [0.15, 0.2) is 0 Å². The first kappa shape index (κ1) is 26.6. The summed E-state index contributed by atoms with van der Waals surface area (Å²) < 4.78 is 5.48. The predicted octanol–water partition coefficient (Wildman–Crippen LogP) is 4.87. The number of carbonyl (C=O) groups is 2. The number of hydrogen-bond donors (Lipinski definition) is 1. The largest absolute Gasteiger partial charge is 0.464 e. The van der Waals surface area contributed by atoms with Crippen LogP contribution in [0.1, 0.15) is 90.9 Å². The third kappa shape index (κ3) is 13.8. The van der Waals surface area contributed by atoms with E-state index in [1.807, 2.05) is 0 Å². The second kappa shape index (κ2) is 19.0. The van der Waals surface area contributed by atoms with Crippen LogP contribution >= 0.6 is 0 Å². The molecule has 0 aliphatic rings. The zero-order valence-electron chi connectivity index (χ0n) is 18.3. The van der Waals surface area contributed by atoms with Crippen LogP contribution in [0.5, 0.6) is 0 Å². The molecule has 1 N–H and O–H groups in total. The second-order valence-corrected chi connectivity index (χ2v) is 7.52. The number of unbranched alkanes of at least 4 members (excludes halogenated alkanes) is 8. The summed E-state index contributed by atoms with van der Waals surface area (Å²) in [6.07, 6.45) is 14.9.